The summed E-state index contributed by atoms with van der Waals surface area (Å²) in [5, 5.41) is 3.74. The third-order valence-corrected chi connectivity index (χ3v) is 4.73. The molecule has 0 amide bonds. The number of nitrogens with zero attached hydrogens (tertiary/aromatic N) is 1. The van der Waals surface area contributed by atoms with E-state index in [0.717, 1.165) is 39.0 Å². The van der Waals surface area contributed by atoms with E-state index in [9.17, 15) is 0 Å². The molecule has 0 spiro atoms. The molecule has 0 bridgehead atoms. The van der Waals surface area contributed by atoms with Crippen molar-refractivity contribution in [3.63, 3.8) is 0 Å². The Hall–Kier alpha value is -0.160. The van der Waals surface area contributed by atoms with Gasteiger partial charge in [-0.15, -0.1) is 0 Å². The van der Waals surface area contributed by atoms with Gasteiger partial charge in [0.05, 0.1) is 6.61 Å². The van der Waals surface area contributed by atoms with E-state index >= 15 is 0 Å². The summed E-state index contributed by atoms with van der Waals surface area (Å²) in [6.45, 7) is 12.8. The third-order valence-electron chi connectivity index (χ3n) is 4.73. The molecule has 0 aromatic carbocycles. The SMILES string of the molecule is COCCN(CC1(CNC(C)(C)C)CCOCC1)C1CC1. The molecule has 4 nitrogen and oxygen atoms in total. The Labute approximate surface area is 130 Å². The number of nitrogens with one attached hydrogen (secondary N) is 1. The van der Waals surface area contributed by atoms with Gasteiger partial charge in [0.2, 0.25) is 0 Å². The van der Waals surface area contributed by atoms with Crippen molar-refractivity contribution in [2.45, 2.75) is 58.0 Å². The van der Waals surface area contributed by atoms with Gasteiger partial charge < -0.3 is 14.8 Å². The average molecular weight is 298 g/mol. The molecule has 2 rings (SSSR count). The molecular formula is C17H34N2O2. The van der Waals surface area contributed by atoms with Gasteiger partial charge in [-0.25, -0.2) is 0 Å². The number of ether oxygens (including phenoxy) is 2. The first-order chi connectivity index (χ1) is 9.94. The smallest absolute Gasteiger partial charge is 0.0589 e. The minimum Gasteiger partial charge on any atom is -0.383 e. The monoisotopic (exact) mass is 298 g/mol. The summed E-state index contributed by atoms with van der Waals surface area (Å²) >= 11 is 0. The summed E-state index contributed by atoms with van der Waals surface area (Å²) in [4.78, 5) is 2.67. The van der Waals surface area contributed by atoms with E-state index in [-0.39, 0.29) is 5.54 Å². The van der Waals surface area contributed by atoms with Crippen LogP contribution in [0.25, 0.3) is 0 Å². The van der Waals surface area contributed by atoms with E-state index in [1.165, 1.54) is 32.2 Å². The lowest BCUT2D eigenvalue weighted by Crippen LogP contribution is -2.52. The van der Waals surface area contributed by atoms with Gasteiger partial charge in [-0.1, -0.05) is 0 Å². The fraction of sp³-hybridized carbons (Fsp3) is 1.00. The van der Waals surface area contributed by atoms with Crippen LogP contribution >= 0.6 is 0 Å². The Morgan fingerprint density at radius 3 is 2.43 bits per heavy atom. The van der Waals surface area contributed by atoms with Gasteiger partial charge in [0.15, 0.2) is 0 Å². The van der Waals surface area contributed by atoms with Crippen molar-refractivity contribution in [3.8, 4) is 0 Å². The van der Waals surface area contributed by atoms with Gasteiger partial charge in [-0.2, -0.15) is 0 Å². The van der Waals surface area contributed by atoms with Crippen molar-refractivity contribution in [1.82, 2.24) is 10.2 Å². The van der Waals surface area contributed by atoms with E-state index in [0.29, 0.717) is 5.41 Å². The second-order valence-electron chi connectivity index (χ2n) is 7.91. The Morgan fingerprint density at radius 2 is 1.90 bits per heavy atom. The maximum Gasteiger partial charge on any atom is 0.0589 e. The summed E-state index contributed by atoms with van der Waals surface area (Å²) < 4.78 is 10.9. The molecule has 0 radical (unpaired) electrons. The fourth-order valence-electron chi connectivity index (χ4n) is 3.12. The third kappa shape index (κ3) is 5.85. The van der Waals surface area contributed by atoms with Crippen LogP contribution in [0.5, 0.6) is 0 Å². The molecule has 1 saturated heterocycles. The summed E-state index contributed by atoms with van der Waals surface area (Å²) in [7, 11) is 1.80. The van der Waals surface area contributed by atoms with E-state index in [1.54, 1.807) is 7.11 Å². The average Bonchev–Trinajstić information content (AvgIpc) is 3.26. The van der Waals surface area contributed by atoms with Crippen molar-refractivity contribution in [1.29, 1.82) is 0 Å². The van der Waals surface area contributed by atoms with Gasteiger partial charge >= 0.3 is 0 Å². The van der Waals surface area contributed by atoms with Crippen molar-refractivity contribution < 1.29 is 9.47 Å². The lowest BCUT2D eigenvalue weighted by molar-refractivity contribution is -0.0119. The highest BCUT2D eigenvalue weighted by atomic mass is 16.5. The molecule has 0 unspecified atom stereocenters. The van der Waals surface area contributed by atoms with Crippen LogP contribution in [0.3, 0.4) is 0 Å². The Kier molecular flexibility index (Phi) is 6.06. The Morgan fingerprint density at radius 1 is 1.24 bits per heavy atom. The Balaban J connectivity index is 1.96. The zero-order valence-corrected chi connectivity index (χ0v) is 14.4. The van der Waals surface area contributed by atoms with E-state index < -0.39 is 0 Å². The van der Waals surface area contributed by atoms with Crippen LogP contribution in [0, 0.1) is 5.41 Å². The number of hydrogen-bond donors (Lipinski definition) is 1. The maximum absolute atomic E-state index is 5.62. The van der Waals surface area contributed by atoms with Crippen molar-refractivity contribution in [3.05, 3.63) is 0 Å². The molecule has 0 atom stereocenters. The fourth-order valence-corrected chi connectivity index (χ4v) is 3.12. The number of hydrogen-bond acceptors (Lipinski definition) is 4. The van der Waals surface area contributed by atoms with Crippen LogP contribution in [0.2, 0.25) is 0 Å². The summed E-state index contributed by atoms with van der Waals surface area (Å²) in [6.07, 6.45) is 5.07. The van der Waals surface area contributed by atoms with Gasteiger partial charge in [0.1, 0.15) is 0 Å². The molecule has 124 valence electrons. The molecule has 1 N–H and O–H groups in total. The van der Waals surface area contributed by atoms with Crippen LogP contribution in [0.15, 0.2) is 0 Å². The zero-order valence-electron chi connectivity index (χ0n) is 14.4. The molecule has 2 aliphatic rings. The lowest BCUT2D eigenvalue weighted by Gasteiger charge is -2.43. The van der Waals surface area contributed by atoms with E-state index in [2.05, 4.69) is 31.0 Å². The first kappa shape index (κ1) is 17.2. The quantitative estimate of drug-likeness (QED) is 0.745. The van der Waals surface area contributed by atoms with Gasteiger partial charge in [0.25, 0.3) is 0 Å². The summed E-state index contributed by atoms with van der Waals surface area (Å²) in [5.41, 5.74) is 0.546. The van der Waals surface area contributed by atoms with Crippen LogP contribution < -0.4 is 5.32 Å². The minimum atomic E-state index is 0.183. The van der Waals surface area contributed by atoms with Crippen molar-refractivity contribution >= 4 is 0 Å². The second kappa shape index (κ2) is 7.40. The lowest BCUT2D eigenvalue weighted by atomic mass is 9.79. The molecular weight excluding hydrogens is 264 g/mol. The predicted molar refractivity (Wildman–Crippen MR) is 86.7 cm³/mol. The predicted octanol–water partition coefficient (Wildman–Crippen LogP) is 2.28. The summed E-state index contributed by atoms with van der Waals surface area (Å²) in [6, 6.07) is 0.800. The highest BCUT2D eigenvalue weighted by Crippen LogP contribution is 2.35. The summed E-state index contributed by atoms with van der Waals surface area (Å²) in [5.74, 6) is 0. The molecule has 1 aliphatic heterocycles. The molecule has 2 fully saturated rings. The minimum absolute atomic E-state index is 0.183. The standard InChI is InChI=1S/C17H34N2O2/c1-16(2,3)18-13-17(7-10-21-11-8-17)14-19(9-12-20-4)15-5-6-15/h15,18H,5-14H2,1-4H3. The highest BCUT2D eigenvalue weighted by Gasteiger charge is 2.39. The largest absolute Gasteiger partial charge is 0.383 e. The van der Waals surface area contributed by atoms with Gasteiger partial charge in [-0.05, 0) is 51.9 Å². The Bertz CT molecular complexity index is 304. The van der Waals surface area contributed by atoms with Crippen LogP contribution in [0.1, 0.15) is 46.5 Å². The van der Waals surface area contributed by atoms with E-state index in [4.69, 9.17) is 9.47 Å². The van der Waals surface area contributed by atoms with Gasteiger partial charge in [0, 0.05) is 51.5 Å². The van der Waals surface area contributed by atoms with Crippen LogP contribution in [-0.4, -0.2) is 63.0 Å². The molecule has 0 aromatic rings. The first-order valence-corrected chi connectivity index (χ1v) is 8.50. The van der Waals surface area contributed by atoms with Crippen molar-refractivity contribution in [2.24, 2.45) is 5.41 Å². The maximum atomic E-state index is 5.62. The molecule has 21 heavy (non-hydrogen) atoms. The molecule has 1 saturated carbocycles. The molecule has 1 aliphatic carbocycles. The molecule has 0 aromatic heterocycles. The van der Waals surface area contributed by atoms with Crippen LogP contribution in [0.4, 0.5) is 0 Å². The van der Waals surface area contributed by atoms with Crippen LogP contribution in [-0.2, 0) is 9.47 Å². The first-order valence-electron chi connectivity index (χ1n) is 8.50. The van der Waals surface area contributed by atoms with E-state index in [1.807, 2.05) is 0 Å². The molecule has 4 heteroatoms. The van der Waals surface area contributed by atoms with Gasteiger partial charge in [-0.3, -0.25) is 4.90 Å². The second-order valence-corrected chi connectivity index (χ2v) is 7.91. The number of methoxy groups -OCH3 is 1. The number of rotatable bonds is 8. The van der Waals surface area contributed by atoms with Crippen molar-refractivity contribution in [2.75, 3.05) is 46.6 Å². The molecule has 1 heterocycles. The zero-order chi connectivity index (χ0) is 15.3. The normalized spacial score (nSPS) is 22.7. The topological polar surface area (TPSA) is 33.7 Å². The highest BCUT2D eigenvalue weighted by molar-refractivity contribution is 4.93.